The Morgan fingerprint density at radius 3 is 2.73 bits per heavy atom. The number of H-pyrrole nitrogens is 1. The number of pyridine rings is 1. The van der Waals surface area contributed by atoms with Gasteiger partial charge in [0.1, 0.15) is 18.1 Å². The summed E-state index contributed by atoms with van der Waals surface area (Å²) in [4.78, 5) is 20.2. The third-order valence-corrected chi connectivity index (χ3v) is 5.68. The second-order valence-electron chi connectivity index (χ2n) is 7.68. The van der Waals surface area contributed by atoms with Crippen molar-refractivity contribution < 1.29 is 13.9 Å². The van der Waals surface area contributed by atoms with Crippen molar-refractivity contribution in [3.05, 3.63) is 58.3 Å². The number of carbonyl (C=O) groups excluding carboxylic acids is 1. The van der Waals surface area contributed by atoms with E-state index in [4.69, 9.17) is 4.74 Å². The molecule has 2 aliphatic rings. The number of carbonyl (C=O) groups is 1. The number of hydrogen-bond donors (Lipinski definition) is 3. The van der Waals surface area contributed by atoms with Crippen LogP contribution in [-0.2, 0) is 4.79 Å². The molecule has 3 N–H and O–H groups in total. The Balaban J connectivity index is 1.70. The van der Waals surface area contributed by atoms with Gasteiger partial charge in [-0.2, -0.15) is 0 Å². The number of ether oxygens (including phenoxy) is 1. The van der Waals surface area contributed by atoms with E-state index < -0.39 is 5.82 Å². The van der Waals surface area contributed by atoms with E-state index in [1.54, 1.807) is 12.3 Å². The van der Waals surface area contributed by atoms with Gasteiger partial charge in [-0.1, -0.05) is 0 Å². The predicted octanol–water partition coefficient (Wildman–Crippen LogP) is 4.44. The summed E-state index contributed by atoms with van der Waals surface area (Å²) in [5.74, 6) is -0.223. The summed E-state index contributed by atoms with van der Waals surface area (Å²) in [6, 6.07) is 3.41. The molecule has 152 valence electrons. The predicted molar refractivity (Wildman–Crippen MR) is 115 cm³/mol. The van der Waals surface area contributed by atoms with Gasteiger partial charge in [0, 0.05) is 35.8 Å². The van der Waals surface area contributed by atoms with Crippen LogP contribution in [0.25, 0.3) is 22.8 Å². The molecule has 0 unspecified atom stereocenters. The summed E-state index contributed by atoms with van der Waals surface area (Å²) in [6.45, 7) is 7.09. The highest BCUT2D eigenvalue weighted by atomic mass is 19.1. The fraction of sp³-hybridized carbons (Fsp3) is 0.217. The van der Waals surface area contributed by atoms with Crippen LogP contribution < -0.4 is 15.4 Å². The maximum absolute atomic E-state index is 15.1. The van der Waals surface area contributed by atoms with Crippen molar-refractivity contribution >= 4 is 28.9 Å². The summed E-state index contributed by atoms with van der Waals surface area (Å²) < 4.78 is 20.7. The molecule has 2 aromatic heterocycles. The Hall–Kier alpha value is -3.61. The number of amides is 1. The molecule has 4 heterocycles. The Morgan fingerprint density at radius 2 is 1.97 bits per heavy atom. The van der Waals surface area contributed by atoms with E-state index >= 15 is 4.39 Å². The van der Waals surface area contributed by atoms with Gasteiger partial charge in [-0.15, -0.1) is 0 Å². The Morgan fingerprint density at radius 1 is 1.13 bits per heavy atom. The molecule has 5 rings (SSSR count). The van der Waals surface area contributed by atoms with Gasteiger partial charge in [0.05, 0.1) is 11.3 Å². The molecule has 6 nitrogen and oxygen atoms in total. The van der Waals surface area contributed by atoms with Gasteiger partial charge < -0.3 is 20.4 Å². The topological polar surface area (TPSA) is 79.0 Å². The van der Waals surface area contributed by atoms with Crippen LogP contribution in [0.1, 0.15) is 27.9 Å². The summed E-state index contributed by atoms with van der Waals surface area (Å²) in [7, 11) is 0. The van der Waals surface area contributed by atoms with Gasteiger partial charge in [0.15, 0.2) is 0 Å². The van der Waals surface area contributed by atoms with Gasteiger partial charge >= 0.3 is 0 Å². The van der Waals surface area contributed by atoms with Crippen LogP contribution >= 0.6 is 0 Å². The highest BCUT2D eigenvalue weighted by Crippen LogP contribution is 2.44. The lowest BCUT2D eigenvalue weighted by Crippen LogP contribution is -2.20. The van der Waals surface area contributed by atoms with Crippen molar-refractivity contribution in [2.75, 3.05) is 23.8 Å². The third-order valence-electron chi connectivity index (χ3n) is 5.68. The van der Waals surface area contributed by atoms with Crippen LogP contribution in [0.4, 0.5) is 15.8 Å². The fourth-order valence-corrected chi connectivity index (χ4v) is 4.18. The molecule has 0 atom stereocenters. The van der Waals surface area contributed by atoms with Gasteiger partial charge in [-0.25, -0.2) is 9.37 Å². The van der Waals surface area contributed by atoms with Crippen LogP contribution in [0.2, 0.25) is 0 Å². The van der Waals surface area contributed by atoms with Gasteiger partial charge in [0.2, 0.25) is 5.88 Å². The first-order valence-electron chi connectivity index (χ1n) is 9.82. The van der Waals surface area contributed by atoms with Crippen LogP contribution in [0.15, 0.2) is 24.5 Å². The number of nitrogens with zero attached hydrogens (tertiary/aromatic N) is 1. The van der Waals surface area contributed by atoms with E-state index in [9.17, 15) is 4.79 Å². The first-order valence-corrected chi connectivity index (χ1v) is 9.82. The molecule has 0 saturated carbocycles. The van der Waals surface area contributed by atoms with Crippen LogP contribution in [-0.4, -0.2) is 29.0 Å². The largest absolute Gasteiger partial charge is 0.474 e. The number of aryl methyl sites for hydroxylation is 1. The summed E-state index contributed by atoms with van der Waals surface area (Å²) in [5, 5.41) is 6.00. The Bertz CT molecular complexity index is 1240. The van der Waals surface area contributed by atoms with E-state index in [0.717, 1.165) is 33.6 Å². The first-order chi connectivity index (χ1) is 14.4. The lowest BCUT2D eigenvalue weighted by Gasteiger charge is -2.22. The molecule has 30 heavy (non-hydrogen) atoms. The zero-order valence-corrected chi connectivity index (χ0v) is 16.9. The summed E-state index contributed by atoms with van der Waals surface area (Å²) >= 11 is 0. The monoisotopic (exact) mass is 404 g/mol. The number of aromatic amines is 1. The van der Waals surface area contributed by atoms with Crippen LogP contribution in [0.3, 0.4) is 0 Å². The number of nitrogens with one attached hydrogen (secondary N) is 3. The molecule has 0 spiro atoms. The molecular weight excluding hydrogens is 383 g/mol. The maximum atomic E-state index is 15.1. The molecule has 2 aliphatic heterocycles. The second-order valence-corrected chi connectivity index (χ2v) is 7.68. The number of hydrogen-bond acceptors (Lipinski definition) is 4. The number of halogens is 1. The number of aromatic nitrogens is 2. The molecule has 0 aliphatic carbocycles. The van der Waals surface area contributed by atoms with Crippen molar-refractivity contribution in [1.82, 2.24) is 9.97 Å². The first kappa shape index (κ1) is 18.4. The van der Waals surface area contributed by atoms with Crippen LogP contribution in [0, 0.1) is 26.6 Å². The van der Waals surface area contributed by atoms with Crippen molar-refractivity contribution in [1.29, 1.82) is 0 Å². The van der Waals surface area contributed by atoms with Gasteiger partial charge in [0.25, 0.3) is 5.91 Å². The molecule has 0 saturated heterocycles. The average molecular weight is 404 g/mol. The highest BCUT2D eigenvalue weighted by Gasteiger charge is 2.31. The van der Waals surface area contributed by atoms with E-state index in [-0.39, 0.29) is 11.6 Å². The zero-order valence-electron chi connectivity index (χ0n) is 16.9. The maximum Gasteiger partial charge on any atom is 0.256 e. The van der Waals surface area contributed by atoms with Crippen molar-refractivity contribution in [2.45, 2.75) is 20.8 Å². The minimum Gasteiger partial charge on any atom is -0.474 e. The summed E-state index contributed by atoms with van der Waals surface area (Å²) in [5.41, 5.74) is 7.19. The van der Waals surface area contributed by atoms with Crippen molar-refractivity contribution in [3.8, 4) is 17.0 Å². The third kappa shape index (κ3) is 2.77. The molecule has 3 aromatic rings. The van der Waals surface area contributed by atoms with E-state index in [1.807, 2.05) is 33.0 Å². The fourth-order valence-electron chi connectivity index (χ4n) is 4.18. The number of benzene rings is 1. The Labute approximate surface area is 173 Å². The smallest absolute Gasteiger partial charge is 0.256 e. The van der Waals surface area contributed by atoms with Crippen molar-refractivity contribution in [3.63, 3.8) is 0 Å². The molecule has 1 amide bonds. The lowest BCUT2D eigenvalue weighted by atomic mass is 9.90. The molecule has 0 bridgehead atoms. The van der Waals surface area contributed by atoms with Gasteiger partial charge in [-0.3, -0.25) is 4.79 Å². The van der Waals surface area contributed by atoms with E-state index in [2.05, 4.69) is 20.6 Å². The van der Waals surface area contributed by atoms with Crippen LogP contribution in [0.5, 0.6) is 5.88 Å². The number of rotatable bonds is 2. The minimum absolute atomic E-state index is 0.223. The minimum atomic E-state index is -0.466. The molecular formula is C23H21FN4O2. The molecule has 0 radical (unpaired) electrons. The quantitative estimate of drug-likeness (QED) is 0.552. The molecule has 1 aromatic carbocycles. The number of fused-ring (bicyclic) bond motifs is 2. The molecule has 0 fully saturated rings. The average Bonchev–Trinajstić information content (AvgIpc) is 3.29. The zero-order chi connectivity index (χ0) is 21.0. The SMILES string of the molecule is Cc1c[nH]c(/C=C2\C(=O)Nc3c(F)cc(-c4cnc5c(c4C)NCCO5)c(C)c32)c1. The highest BCUT2D eigenvalue weighted by molar-refractivity contribution is 6.35. The molecule has 7 heteroatoms. The van der Waals surface area contributed by atoms with E-state index in [0.29, 0.717) is 35.7 Å². The number of anilines is 2. The van der Waals surface area contributed by atoms with Crippen molar-refractivity contribution in [2.24, 2.45) is 0 Å². The van der Waals surface area contributed by atoms with Gasteiger partial charge in [-0.05, 0) is 61.2 Å². The Kier molecular flexibility index (Phi) is 4.13. The standard InChI is InChI=1S/C23H21FN4O2/c1-11-6-14(26-9-11)7-16-19-12(2)15(8-18(24)21(19)28-22(16)29)17-10-27-23-20(13(17)3)25-4-5-30-23/h6-10,25-26H,4-5H2,1-3H3,(H,28,29)/b16-7-. The lowest BCUT2D eigenvalue weighted by molar-refractivity contribution is -0.110. The normalized spacial score (nSPS) is 16.0. The van der Waals surface area contributed by atoms with E-state index in [1.165, 1.54) is 6.07 Å². The second kappa shape index (κ2) is 6.73. The summed E-state index contributed by atoms with van der Waals surface area (Å²) in [6.07, 6.45) is 5.33.